The van der Waals surface area contributed by atoms with Gasteiger partial charge in [0.2, 0.25) is 5.78 Å². The van der Waals surface area contributed by atoms with E-state index >= 15 is 0 Å². The number of alkyl halides is 3. The van der Waals surface area contributed by atoms with E-state index in [1.807, 2.05) is 6.92 Å². The molecule has 0 atom stereocenters. The Morgan fingerprint density at radius 3 is 2.47 bits per heavy atom. The first-order valence-corrected chi connectivity index (χ1v) is 11.0. The van der Waals surface area contributed by atoms with E-state index in [0.717, 1.165) is 17.8 Å². The molecule has 0 aliphatic rings. The van der Waals surface area contributed by atoms with Gasteiger partial charge in [0.15, 0.2) is 12.4 Å². The fraction of sp³-hybridized carbons (Fsp3) is 0.200. The van der Waals surface area contributed by atoms with Gasteiger partial charge in [-0.25, -0.2) is 4.98 Å². The minimum atomic E-state index is -4.47. The Morgan fingerprint density at radius 2 is 1.76 bits per heavy atom. The summed E-state index contributed by atoms with van der Waals surface area (Å²) in [5.74, 6) is -0.108. The summed E-state index contributed by atoms with van der Waals surface area (Å²) in [5, 5.41) is 1.27. The first-order valence-electron chi connectivity index (χ1n) is 10.3. The lowest BCUT2D eigenvalue weighted by Crippen LogP contribution is -2.13. The van der Waals surface area contributed by atoms with Crippen molar-refractivity contribution in [3.8, 4) is 11.4 Å². The molecule has 4 aromatic rings. The monoisotopic (exact) mass is 506 g/mol. The van der Waals surface area contributed by atoms with Gasteiger partial charge in [-0.3, -0.25) is 4.79 Å². The number of carbonyl (C=O) groups is 1. The van der Waals surface area contributed by atoms with E-state index in [4.69, 9.17) is 27.9 Å². The van der Waals surface area contributed by atoms with Crippen LogP contribution in [0.5, 0.6) is 5.75 Å². The van der Waals surface area contributed by atoms with Crippen LogP contribution >= 0.6 is 23.2 Å². The van der Waals surface area contributed by atoms with Crippen molar-refractivity contribution in [3.05, 3.63) is 86.8 Å². The van der Waals surface area contributed by atoms with Crippen molar-refractivity contribution in [3.63, 3.8) is 0 Å². The van der Waals surface area contributed by atoms with Crippen LogP contribution in [0.1, 0.15) is 33.0 Å². The quantitative estimate of drug-likeness (QED) is 0.262. The molecule has 0 N–H and O–H groups in total. The summed E-state index contributed by atoms with van der Waals surface area (Å²) in [4.78, 5) is 17.5. The van der Waals surface area contributed by atoms with Gasteiger partial charge in [0, 0.05) is 33.7 Å². The molecular weight excluding hydrogens is 488 g/mol. The van der Waals surface area contributed by atoms with Crippen molar-refractivity contribution in [1.82, 2.24) is 9.55 Å². The average molecular weight is 507 g/mol. The molecule has 2 aromatic carbocycles. The Bertz CT molecular complexity index is 1430. The highest BCUT2D eigenvalue weighted by atomic mass is 35.5. The molecule has 4 rings (SSSR count). The maximum atomic E-state index is 13.2. The molecule has 0 unspecified atom stereocenters. The number of pyridine rings is 1. The van der Waals surface area contributed by atoms with Gasteiger partial charge >= 0.3 is 6.18 Å². The number of benzene rings is 2. The molecule has 34 heavy (non-hydrogen) atoms. The molecule has 0 aliphatic heterocycles. The minimum Gasteiger partial charge on any atom is -0.482 e. The van der Waals surface area contributed by atoms with E-state index in [1.54, 1.807) is 42.7 Å². The van der Waals surface area contributed by atoms with E-state index in [0.29, 0.717) is 38.6 Å². The molecule has 176 valence electrons. The fourth-order valence-corrected chi connectivity index (χ4v) is 4.48. The van der Waals surface area contributed by atoms with Crippen molar-refractivity contribution < 1.29 is 22.7 Å². The Labute approximate surface area is 203 Å². The summed E-state index contributed by atoms with van der Waals surface area (Å²) in [6.45, 7) is 4.88. The predicted molar refractivity (Wildman–Crippen MR) is 127 cm³/mol. The summed E-state index contributed by atoms with van der Waals surface area (Å²) in [6, 6.07) is 11.7. The molecule has 0 bridgehead atoms. The zero-order valence-electron chi connectivity index (χ0n) is 18.4. The maximum absolute atomic E-state index is 13.2. The second-order valence-electron chi connectivity index (χ2n) is 7.90. The van der Waals surface area contributed by atoms with Crippen LogP contribution in [-0.2, 0) is 6.18 Å². The first-order chi connectivity index (χ1) is 16.0. The number of ketones is 1. The lowest BCUT2D eigenvalue weighted by atomic mass is 10.1. The maximum Gasteiger partial charge on any atom is 0.416 e. The molecule has 0 saturated carbocycles. The minimum absolute atomic E-state index is 0.220. The number of ether oxygens (including phenoxy) is 1. The standard InChI is InChI=1S/C25H19Cl2F3N2O2/c1-13-7-8-18-20(26)11-21(27)24(23(18)31-13)34-12-22(33)19-9-14(2)32(15(19)3)17-6-4-5-16(10-17)25(28,29)30/h4-11H,12H2,1-3H3. The molecule has 2 heterocycles. The van der Waals surface area contributed by atoms with Crippen molar-refractivity contribution in [2.75, 3.05) is 6.61 Å². The molecule has 0 saturated heterocycles. The zero-order valence-corrected chi connectivity index (χ0v) is 19.9. The van der Waals surface area contributed by atoms with Crippen molar-refractivity contribution in [2.24, 2.45) is 0 Å². The van der Waals surface area contributed by atoms with Crippen LogP contribution in [0.15, 0.2) is 48.5 Å². The van der Waals surface area contributed by atoms with Gasteiger partial charge in [0.25, 0.3) is 0 Å². The number of rotatable bonds is 5. The SMILES string of the molecule is Cc1ccc2c(Cl)cc(Cl)c(OCC(=O)c3cc(C)n(-c4cccc(C(F)(F)F)c4)c3C)c2n1. The van der Waals surface area contributed by atoms with E-state index in [9.17, 15) is 18.0 Å². The molecule has 2 aromatic heterocycles. The van der Waals surface area contributed by atoms with Crippen molar-refractivity contribution in [2.45, 2.75) is 26.9 Å². The molecule has 0 spiro atoms. The number of nitrogens with zero attached hydrogens (tertiary/aromatic N) is 2. The van der Waals surface area contributed by atoms with E-state index in [-0.39, 0.29) is 23.2 Å². The fourth-order valence-electron chi connectivity index (χ4n) is 3.91. The summed E-state index contributed by atoms with van der Waals surface area (Å²) in [7, 11) is 0. The highest BCUT2D eigenvalue weighted by Crippen LogP contribution is 2.37. The van der Waals surface area contributed by atoms with Gasteiger partial charge in [0.05, 0.1) is 15.6 Å². The Kier molecular flexibility index (Phi) is 6.36. The average Bonchev–Trinajstić information content (AvgIpc) is 3.06. The third-order valence-electron chi connectivity index (χ3n) is 5.49. The lowest BCUT2D eigenvalue weighted by Gasteiger charge is -2.14. The third-order valence-corrected chi connectivity index (χ3v) is 6.08. The summed E-state index contributed by atoms with van der Waals surface area (Å²) in [5.41, 5.74) is 2.19. The van der Waals surface area contributed by atoms with E-state index in [1.165, 1.54) is 12.1 Å². The van der Waals surface area contributed by atoms with Gasteiger partial charge in [-0.15, -0.1) is 0 Å². The Hall–Kier alpha value is -3.03. The third kappa shape index (κ3) is 4.50. The van der Waals surface area contributed by atoms with Crippen LogP contribution in [0.2, 0.25) is 10.0 Å². The topological polar surface area (TPSA) is 44.1 Å². The number of Topliss-reactive ketones (excluding diaryl/α,β-unsaturated/α-hetero) is 1. The number of aromatic nitrogens is 2. The van der Waals surface area contributed by atoms with Crippen LogP contribution in [0.3, 0.4) is 0 Å². The normalized spacial score (nSPS) is 11.8. The molecule has 4 nitrogen and oxygen atoms in total. The Balaban J connectivity index is 1.65. The number of aryl methyl sites for hydroxylation is 2. The van der Waals surface area contributed by atoms with Crippen LogP contribution in [0.4, 0.5) is 13.2 Å². The van der Waals surface area contributed by atoms with E-state index < -0.39 is 11.7 Å². The summed E-state index contributed by atoms with van der Waals surface area (Å²) < 4.78 is 46.9. The first kappa shape index (κ1) is 24.1. The molecular formula is C25H19Cl2F3N2O2. The molecule has 0 radical (unpaired) electrons. The molecule has 9 heteroatoms. The zero-order chi connectivity index (χ0) is 24.8. The van der Waals surface area contributed by atoms with Crippen molar-refractivity contribution >= 4 is 39.9 Å². The second kappa shape index (κ2) is 8.96. The second-order valence-corrected chi connectivity index (χ2v) is 8.71. The van der Waals surface area contributed by atoms with Gasteiger partial charge in [0.1, 0.15) is 5.52 Å². The van der Waals surface area contributed by atoms with Gasteiger partial charge < -0.3 is 9.30 Å². The number of hydrogen-bond donors (Lipinski definition) is 0. The van der Waals surface area contributed by atoms with Crippen LogP contribution < -0.4 is 4.74 Å². The highest BCUT2D eigenvalue weighted by Gasteiger charge is 2.31. The highest BCUT2D eigenvalue weighted by molar-refractivity contribution is 6.39. The molecule has 0 fully saturated rings. The predicted octanol–water partition coefficient (Wildman–Crippen LogP) is 7.54. The van der Waals surface area contributed by atoms with Crippen LogP contribution in [-0.4, -0.2) is 21.9 Å². The van der Waals surface area contributed by atoms with Gasteiger partial charge in [-0.05, 0) is 63.2 Å². The summed E-state index contributed by atoms with van der Waals surface area (Å²) in [6.07, 6.45) is -4.47. The lowest BCUT2D eigenvalue weighted by molar-refractivity contribution is -0.137. The van der Waals surface area contributed by atoms with Crippen LogP contribution in [0.25, 0.3) is 16.6 Å². The van der Waals surface area contributed by atoms with Gasteiger partial charge in [-0.2, -0.15) is 13.2 Å². The van der Waals surface area contributed by atoms with E-state index in [2.05, 4.69) is 4.98 Å². The number of carbonyl (C=O) groups excluding carboxylic acids is 1. The van der Waals surface area contributed by atoms with Crippen molar-refractivity contribution in [1.29, 1.82) is 0 Å². The van der Waals surface area contributed by atoms with Gasteiger partial charge in [-0.1, -0.05) is 29.3 Å². The number of halogens is 5. The smallest absolute Gasteiger partial charge is 0.416 e. The largest absolute Gasteiger partial charge is 0.482 e. The van der Waals surface area contributed by atoms with Crippen LogP contribution in [0, 0.1) is 20.8 Å². The number of hydrogen-bond acceptors (Lipinski definition) is 3. The number of fused-ring (bicyclic) bond motifs is 1. The summed E-state index contributed by atoms with van der Waals surface area (Å²) >= 11 is 12.6. The molecule has 0 aliphatic carbocycles. The molecule has 0 amide bonds. The Morgan fingerprint density at radius 1 is 1.03 bits per heavy atom.